The standard InChI is InChI=1S/C19H30N6S.HI/c1-3-20-19(21-14-16(2)15-25-10-5-9-22-25)23-17-7-11-24(12-8-17)18-6-4-13-26-18;/h4-6,9-10,13,16-17H,3,7-8,11-12,14-15H2,1-2H3,(H2,20,21,23);1H. The number of hydrogen-bond donors (Lipinski definition) is 2. The number of nitrogens with one attached hydrogen (secondary N) is 2. The molecule has 0 aromatic carbocycles. The van der Waals surface area contributed by atoms with Crippen LogP contribution in [0.5, 0.6) is 0 Å². The quantitative estimate of drug-likeness (QED) is 0.346. The molecule has 1 aliphatic rings. The number of aromatic nitrogens is 2. The van der Waals surface area contributed by atoms with Crippen LogP contribution in [-0.4, -0.2) is 48.0 Å². The molecule has 0 bridgehead atoms. The van der Waals surface area contributed by atoms with Gasteiger partial charge in [0.15, 0.2) is 5.96 Å². The smallest absolute Gasteiger partial charge is 0.191 e. The first-order chi connectivity index (χ1) is 12.7. The summed E-state index contributed by atoms with van der Waals surface area (Å²) in [6, 6.07) is 6.80. The zero-order valence-electron chi connectivity index (χ0n) is 16.2. The van der Waals surface area contributed by atoms with Gasteiger partial charge in [0.1, 0.15) is 0 Å². The Labute approximate surface area is 183 Å². The predicted molar refractivity (Wildman–Crippen MR) is 125 cm³/mol. The van der Waals surface area contributed by atoms with Crippen molar-refractivity contribution in [2.45, 2.75) is 39.3 Å². The van der Waals surface area contributed by atoms with E-state index >= 15 is 0 Å². The third-order valence-electron chi connectivity index (χ3n) is 4.62. The molecule has 0 amide bonds. The average molecular weight is 502 g/mol. The lowest BCUT2D eigenvalue weighted by molar-refractivity contribution is 0.449. The largest absolute Gasteiger partial charge is 0.363 e. The Hall–Kier alpha value is -1.29. The Bertz CT molecular complexity index is 650. The number of guanidine groups is 1. The van der Waals surface area contributed by atoms with Gasteiger partial charge in [-0.15, -0.1) is 35.3 Å². The van der Waals surface area contributed by atoms with E-state index in [1.165, 1.54) is 5.00 Å². The van der Waals surface area contributed by atoms with Crippen molar-refractivity contribution in [3.63, 3.8) is 0 Å². The van der Waals surface area contributed by atoms with Crippen molar-refractivity contribution in [2.75, 3.05) is 31.1 Å². The van der Waals surface area contributed by atoms with E-state index in [0.717, 1.165) is 51.5 Å². The summed E-state index contributed by atoms with van der Waals surface area (Å²) in [7, 11) is 0. The van der Waals surface area contributed by atoms with Crippen molar-refractivity contribution in [1.29, 1.82) is 0 Å². The monoisotopic (exact) mass is 502 g/mol. The Morgan fingerprint density at radius 3 is 2.81 bits per heavy atom. The molecule has 2 N–H and O–H groups in total. The summed E-state index contributed by atoms with van der Waals surface area (Å²) < 4.78 is 1.97. The van der Waals surface area contributed by atoms with E-state index in [1.54, 1.807) is 0 Å². The van der Waals surface area contributed by atoms with E-state index in [-0.39, 0.29) is 24.0 Å². The topological polar surface area (TPSA) is 57.5 Å². The van der Waals surface area contributed by atoms with Gasteiger partial charge in [-0.2, -0.15) is 5.10 Å². The molecule has 1 atom stereocenters. The summed E-state index contributed by atoms with van der Waals surface area (Å²) in [4.78, 5) is 7.28. The third kappa shape index (κ3) is 6.99. The van der Waals surface area contributed by atoms with Crippen LogP contribution < -0.4 is 15.5 Å². The molecule has 8 heteroatoms. The van der Waals surface area contributed by atoms with Crippen molar-refractivity contribution in [2.24, 2.45) is 10.9 Å². The molecule has 6 nitrogen and oxygen atoms in total. The minimum absolute atomic E-state index is 0. The highest BCUT2D eigenvalue weighted by atomic mass is 127. The maximum Gasteiger partial charge on any atom is 0.191 e. The fourth-order valence-electron chi connectivity index (χ4n) is 3.24. The summed E-state index contributed by atoms with van der Waals surface area (Å²) in [5.41, 5.74) is 0. The number of aliphatic imine (C=N–C) groups is 1. The molecule has 0 spiro atoms. The number of nitrogens with zero attached hydrogens (tertiary/aromatic N) is 4. The van der Waals surface area contributed by atoms with E-state index in [4.69, 9.17) is 4.99 Å². The molecule has 2 aromatic heterocycles. The van der Waals surface area contributed by atoms with Gasteiger partial charge in [-0.1, -0.05) is 6.92 Å². The van der Waals surface area contributed by atoms with Gasteiger partial charge in [0, 0.05) is 51.2 Å². The zero-order chi connectivity index (χ0) is 18.2. The maximum atomic E-state index is 4.80. The zero-order valence-corrected chi connectivity index (χ0v) is 19.3. The van der Waals surface area contributed by atoms with Gasteiger partial charge in [0.25, 0.3) is 0 Å². The van der Waals surface area contributed by atoms with Crippen molar-refractivity contribution < 1.29 is 0 Å². The molecule has 3 rings (SSSR count). The van der Waals surface area contributed by atoms with Crippen molar-refractivity contribution >= 4 is 46.3 Å². The Morgan fingerprint density at radius 2 is 2.19 bits per heavy atom. The minimum Gasteiger partial charge on any atom is -0.363 e. The van der Waals surface area contributed by atoms with E-state index < -0.39 is 0 Å². The molecule has 1 saturated heterocycles. The van der Waals surface area contributed by atoms with Gasteiger partial charge in [0.05, 0.1) is 5.00 Å². The molecular weight excluding hydrogens is 471 g/mol. The molecular formula is C19H31IN6S. The van der Waals surface area contributed by atoms with Crippen LogP contribution in [0.3, 0.4) is 0 Å². The lowest BCUT2D eigenvalue weighted by Gasteiger charge is -2.33. The van der Waals surface area contributed by atoms with Crippen LogP contribution in [0.1, 0.15) is 26.7 Å². The Balaban J connectivity index is 0.00000261. The van der Waals surface area contributed by atoms with Gasteiger partial charge in [-0.3, -0.25) is 9.67 Å². The lowest BCUT2D eigenvalue weighted by Crippen LogP contribution is -2.48. The van der Waals surface area contributed by atoms with Gasteiger partial charge in [0.2, 0.25) is 0 Å². The van der Waals surface area contributed by atoms with E-state index in [2.05, 4.69) is 52.0 Å². The van der Waals surface area contributed by atoms with E-state index in [0.29, 0.717) is 12.0 Å². The average Bonchev–Trinajstić information content (AvgIpc) is 3.34. The second-order valence-electron chi connectivity index (χ2n) is 6.91. The number of halogens is 1. The molecule has 27 heavy (non-hydrogen) atoms. The molecule has 150 valence electrons. The fraction of sp³-hybridized carbons (Fsp3) is 0.579. The summed E-state index contributed by atoms with van der Waals surface area (Å²) in [5, 5.41) is 14.8. The molecule has 0 aliphatic carbocycles. The first-order valence-electron chi connectivity index (χ1n) is 9.55. The number of anilines is 1. The van der Waals surface area contributed by atoms with Gasteiger partial charge >= 0.3 is 0 Å². The highest BCUT2D eigenvalue weighted by Gasteiger charge is 2.20. The third-order valence-corrected chi connectivity index (χ3v) is 5.55. The molecule has 0 saturated carbocycles. The van der Waals surface area contributed by atoms with Crippen LogP contribution in [0, 0.1) is 5.92 Å². The summed E-state index contributed by atoms with van der Waals surface area (Å²) >= 11 is 1.83. The molecule has 3 heterocycles. The van der Waals surface area contributed by atoms with E-state index in [1.807, 2.05) is 34.5 Å². The molecule has 1 unspecified atom stereocenters. The minimum atomic E-state index is 0. The summed E-state index contributed by atoms with van der Waals surface area (Å²) in [6.07, 6.45) is 6.12. The first-order valence-corrected chi connectivity index (χ1v) is 10.4. The molecule has 2 aromatic rings. The van der Waals surface area contributed by atoms with Gasteiger partial charge in [-0.25, -0.2) is 0 Å². The second-order valence-corrected chi connectivity index (χ2v) is 7.84. The number of thiophene rings is 1. The summed E-state index contributed by atoms with van der Waals surface area (Å²) in [6.45, 7) is 9.12. The Kier molecular flexibility index (Phi) is 9.40. The fourth-order valence-corrected chi connectivity index (χ4v) is 4.03. The van der Waals surface area contributed by atoms with Gasteiger partial charge < -0.3 is 15.5 Å². The number of hydrogen-bond acceptors (Lipinski definition) is 4. The van der Waals surface area contributed by atoms with Crippen molar-refractivity contribution in [1.82, 2.24) is 20.4 Å². The molecule has 0 radical (unpaired) electrons. The van der Waals surface area contributed by atoms with Crippen LogP contribution in [0.2, 0.25) is 0 Å². The van der Waals surface area contributed by atoms with Crippen LogP contribution in [0.15, 0.2) is 41.0 Å². The normalized spacial score (nSPS) is 16.7. The first kappa shape index (κ1) is 22.0. The van der Waals surface area contributed by atoms with Crippen LogP contribution in [-0.2, 0) is 6.54 Å². The maximum absolute atomic E-state index is 4.80. The van der Waals surface area contributed by atoms with Gasteiger partial charge in [-0.05, 0) is 49.3 Å². The van der Waals surface area contributed by atoms with Crippen molar-refractivity contribution in [3.8, 4) is 0 Å². The second kappa shape index (κ2) is 11.5. The van der Waals surface area contributed by atoms with E-state index in [9.17, 15) is 0 Å². The highest BCUT2D eigenvalue weighted by molar-refractivity contribution is 14.0. The molecule has 1 fully saturated rings. The SMILES string of the molecule is CCNC(=NCC(C)Cn1cccn1)NC1CCN(c2cccs2)CC1.I. The lowest BCUT2D eigenvalue weighted by atomic mass is 10.1. The van der Waals surface area contributed by atoms with Crippen LogP contribution in [0.4, 0.5) is 5.00 Å². The highest BCUT2D eigenvalue weighted by Crippen LogP contribution is 2.24. The predicted octanol–water partition coefficient (Wildman–Crippen LogP) is 3.42. The van der Waals surface area contributed by atoms with Crippen LogP contribution in [0.25, 0.3) is 0 Å². The van der Waals surface area contributed by atoms with Crippen LogP contribution >= 0.6 is 35.3 Å². The summed E-state index contributed by atoms with van der Waals surface area (Å²) in [5.74, 6) is 1.39. The number of piperidine rings is 1. The molecule has 1 aliphatic heterocycles. The Morgan fingerprint density at radius 1 is 1.37 bits per heavy atom. The van der Waals surface area contributed by atoms with Crippen molar-refractivity contribution in [3.05, 3.63) is 36.0 Å². The number of rotatable bonds is 7.